The third kappa shape index (κ3) is 4.32. The molecule has 6 heteroatoms. The molecular weight excluding hydrogens is 338 g/mol. The first kappa shape index (κ1) is 19.3. The molecule has 0 aliphatic heterocycles. The highest BCUT2D eigenvalue weighted by Crippen LogP contribution is 2.28. The molecule has 0 spiro atoms. The summed E-state index contributed by atoms with van der Waals surface area (Å²) in [5.74, 6) is 1.29. The summed E-state index contributed by atoms with van der Waals surface area (Å²) in [4.78, 5) is 0.363. The van der Waals surface area contributed by atoms with Gasteiger partial charge in [0.1, 0.15) is 0 Å². The molecule has 2 aromatic rings. The van der Waals surface area contributed by atoms with E-state index in [-0.39, 0.29) is 0 Å². The molecule has 0 bridgehead atoms. The van der Waals surface area contributed by atoms with E-state index in [9.17, 15) is 8.42 Å². The van der Waals surface area contributed by atoms with Crippen molar-refractivity contribution in [1.82, 2.24) is 4.31 Å². The van der Waals surface area contributed by atoms with Crippen molar-refractivity contribution in [3.8, 4) is 11.5 Å². The van der Waals surface area contributed by atoms with Crippen molar-refractivity contribution in [1.29, 1.82) is 0 Å². The van der Waals surface area contributed by atoms with Gasteiger partial charge in [-0.15, -0.1) is 0 Å². The maximum Gasteiger partial charge on any atom is 0.243 e. The molecule has 0 fully saturated rings. The van der Waals surface area contributed by atoms with Crippen molar-refractivity contribution in [2.24, 2.45) is 0 Å². The molecule has 0 saturated carbocycles. The largest absolute Gasteiger partial charge is 0.493 e. The van der Waals surface area contributed by atoms with Crippen LogP contribution in [-0.4, -0.2) is 40.5 Å². The second-order valence-electron chi connectivity index (χ2n) is 6.03. The number of aryl methyl sites for hydroxylation is 2. The zero-order chi connectivity index (χ0) is 18.6. The fourth-order valence-electron chi connectivity index (χ4n) is 2.60. The lowest BCUT2D eigenvalue weighted by Gasteiger charge is -2.19. The van der Waals surface area contributed by atoms with Crippen LogP contribution in [0.25, 0.3) is 0 Å². The summed E-state index contributed by atoms with van der Waals surface area (Å²) in [6, 6.07) is 11.1. The molecule has 136 valence electrons. The molecule has 0 radical (unpaired) electrons. The van der Waals surface area contributed by atoms with Gasteiger partial charge in [0.25, 0.3) is 0 Å². The normalized spacial score (nSPS) is 11.6. The van der Waals surface area contributed by atoms with E-state index in [2.05, 4.69) is 0 Å². The molecular formula is C19H25NO4S. The molecule has 0 aliphatic carbocycles. The van der Waals surface area contributed by atoms with Crippen LogP contribution in [0.1, 0.15) is 16.7 Å². The van der Waals surface area contributed by atoms with Gasteiger partial charge in [0, 0.05) is 13.6 Å². The summed E-state index contributed by atoms with van der Waals surface area (Å²) in [6.07, 6.45) is 0.584. The molecule has 0 aromatic heterocycles. The predicted octanol–water partition coefficient (Wildman–Crippen LogP) is 3.18. The average Bonchev–Trinajstić information content (AvgIpc) is 2.61. The molecule has 0 amide bonds. The first-order valence-electron chi connectivity index (χ1n) is 8.04. The van der Waals surface area contributed by atoms with E-state index >= 15 is 0 Å². The Hall–Kier alpha value is -2.05. The Morgan fingerprint density at radius 3 is 2.28 bits per heavy atom. The number of methoxy groups -OCH3 is 2. The van der Waals surface area contributed by atoms with Crippen molar-refractivity contribution in [3.05, 3.63) is 53.1 Å². The minimum absolute atomic E-state index is 0.363. The molecule has 5 nitrogen and oxygen atoms in total. The summed E-state index contributed by atoms with van der Waals surface area (Å²) in [5.41, 5.74) is 2.67. The third-order valence-corrected chi connectivity index (χ3v) is 6.19. The number of hydrogen-bond acceptors (Lipinski definition) is 4. The van der Waals surface area contributed by atoms with Crippen LogP contribution in [0.2, 0.25) is 0 Å². The summed E-state index contributed by atoms with van der Waals surface area (Å²) in [5, 5.41) is 0. The van der Waals surface area contributed by atoms with Gasteiger partial charge in [0.15, 0.2) is 11.5 Å². The second kappa shape index (κ2) is 7.89. The SMILES string of the molecule is COc1ccc(CCN(C)S(=O)(=O)c2cc(C)ccc2C)cc1OC. The maximum atomic E-state index is 12.8. The van der Waals surface area contributed by atoms with Crippen LogP contribution in [0.15, 0.2) is 41.3 Å². The van der Waals surface area contributed by atoms with E-state index < -0.39 is 10.0 Å². The zero-order valence-corrected chi connectivity index (χ0v) is 16.2. The van der Waals surface area contributed by atoms with E-state index in [0.717, 1.165) is 16.7 Å². The van der Waals surface area contributed by atoms with E-state index in [1.54, 1.807) is 27.3 Å². The quantitative estimate of drug-likeness (QED) is 0.758. The minimum atomic E-state index is -3.51. The van der Waals surface area contributed by atoms with E-state index in [0.29, 0.717) is 29.4 Å². The summed E-state index contributed by atoms with van der Waals surface area (Å²) >= 11 is 0. The number of likely N-dealkylation sites (N-methyl/N-ethyl adjacent to an activating group) is 1. The van der Waals surface area contributed by atoms with Crippen molar-refractivity contribution in [3.63, 3.8) is 0 Å². The molecule has 0 aliphatic rings. The molecule has 2 rings (SSSR count). The number of benzene rings is 2. The Labute approximate surface area is 150 Å². The first-order valence-corrected chi connectivity index (χ1v) is 9.48. The van der Waals surface area contributed by atoms with E-state index in [1.807, 2.05) is 44.2 Å². The average molecular weight is 363 g/mol. The van der Waals surface area contributed by atoms with Crippen molar-refractivity contribution in [2.45, 2.75) is 25.2 Å². The number of rotatable bonds is 7. The number of sulfonamides is 1. The van der Waals surface area contributed by atoms with Gasteiger partial charge in [-0.05, 0) is 55.2 Å². The fourth-order valence-corrected chi connectivity index (χ4v) is 4.07. The fraction of sp³-hybridized carbons (Fsp3) is 0.368. The summed E-state index contributed by atoms with van der Waals surface area (Å²) in [6.45, 7) is 4.09. The Bertz CT molecular complexity index is 846. The monoisotopic (exact) mass is 363 g/mol. The summed E-state index contributed by atoms with van der Waals surface area (Å²) in [7, 11) is 1.26. The molecule has 0 atom stereocenters. The molecule has 0 N–H and O–H groups in total. The van der Waals surface area contributed by atoms with Crippen LogP contribution in [0.3, 0.4) is 0 Å². The van der Waals surface area contributed by atoms with Crippen LogP contribution in [0.5, 0.6) is 11.5 Å². The Kier molecular flexibility index (Phi) is 6.08. The molecule has 0 heterocycles. The lowest BCUT2D eigenvalue weighted by Crippen LogP contribution is -2.29. The van der Waals surface area contributed by atoms with Gasteiger partial charge in [-0.2, -0.15) is 0 Å². The highest BCUT2D eigenvalue weighted by atomic mass is 32.2. The van der Waals surface area contributed by atoms with Gasteiger partial charge in [0.05, 0.1) is 19.1 Å². The number of hydrogen-bond donors (Lipinski definition) is 0. The molecule has 0 unspecified atom stereocenters. The van der Waals surface area contributed by atoms with Gasteiger partial charge < -0.3 is 9.47 Å². The number of nitrogens with zero attached hydrogens (tertiary/aromatic N) is 1. The number of ether oxygens (including phenoxy) is 2. The van der Waals surface area contributed by atoms with Crippen LogP contribution in [0.4, 0.5) is 0 Å². The van der Waals surface area contributed by atoms with Crippen molar-refractivity contribution in [2.75, 3.05) is 27.8 Å². The van der Waals surface area contributed by atoms with Crippen LogP contribution >= 0.6 is 0 Å². The lowest BCUT2D eigenvalue weighted by molar-refractivity contribution is 0.354. The van der Waals surface area contributed by atoms with Crippen LogP contribution < -0.4 is 9.47 Å². The minimum Gasteiger partial charge on any atom is -0.493 e. The van der Waals surface area contributed by atoms with Crippen molar-refractivity contribution < 1.29 is 17.9 Å². The topological polar surface area (TPSA) is 55.8 Å². The second-order valence-corrected chi connectivity index (χ2v) is 8.05. The molecule has 0 saturated heterocycles. The van der Waals surface area contributed by atoms with Crippen LogP contribution in [-0.2, 0) is 16.4 Å². The smallest absolute Gasteiger partial charge is 0.243 e. The van der Waals surface area contributed by atoms with Crippen LogP contribution in [0, 0.1) is 13.8 Å². The Morgan fingerprint density at radius 1 is 0.960 bits per heavy atom. The Balaban J connectivity index is 2.16. The molecule has 25 heavy (non-hydrogen) atoms. The van der Waals surface area contributed by atoms with Gasteiger partial charge in [-0.25, -0.2) is 12.7 Å². The molecule has 2 aromatic carbocycles. The first-order chi connectivity index (χ1) is 11.8. The predicted molar refractivity (Wildman–Crippen MR) is 99.0 cm³/mol. The van der Waals surface area contributed by atoms with Gasteiger partial charge in [0.2, 0.25) is 10.0 Å². The lowest BCUT2D eigenvalue weighted by atomic mass is 10.1. The van der Waals surface area contributed by atoms with Gasteiger partial charge >= 0.3 is 0 Å². The standard InChI is InChI=1S/C19H25NO4S/c1-14-6-7-15(2)19(12-14)25(21,22)20(3)11-10-16-8-9-17(23-4)18(13-16)24-5/h6-9,12-13H,10-11H2,1-5H3. The van der Waals surface area contributed by atoms with E-state index in [4.69, 9.17) is 9.47 Å². The summed E-state index contributed by atoms with van der Waals surface area (Å²) < 4.78 is 37.6. The maximum absolute atomic E-state index is 12.8. The van der Waals surface area contributed by atoms with Gasteiger partial charge in [-0.1, -0.05) is 18.2 Å². The van der Waals surface area contributed by atoms with Gasteiger partial charge in [-0.3, -0.25) is 0 Å². The van der Waals surface area contributed by atoms with E-state index in [1.165, 1.54) is 4.31 Å². The zero-order valence-electron chi connectivity index (χ0n) is 15.4. The highest BCUT2D eigenvalue weighted by molar-refractivity contribution is 7.89. The Morgan fingerprint density at radius 2 is 1.64 bits per heavy atom. The highest BCUT2D eigenvalue weighted by Gasteiger charge is 2.22. The van der Waals surface area contributed by atoms with Crippen molar-refractivity contribution >= 4 is 10.0 Å². The third-order valence-electron chi connectivity index (χ3n) is 4.20.